The van der Waals surface area contributed by atoms with Crippen molar-refractivity contribution in [2.75, 3.05) is 59.2 Å². The molecule has 1 N–H and O–H groups in total. The van der Waals surface area contributed by atoms with E-state index in [0.717, 1.165) is 45.1 Å². The third kappa shape index (κ3) is 7.50. The van der Waals surface area contributed by atoms with Crippen LogP contribution in [0.2, 0.25) is 0 Å². The maximum absolute atomic E-state index is 11.6. The predicted molar refractivity (Wildman–Crippen MR) is 94.2 cm³/mol. The van der Waals surface area contributed by atoms with E-state index in [9.17, 15) is 8.42 Å². The second kappa shape index (κ2) is 10.1. The van der Waals surface area contributed by atoms with E-state index in [-0.39, 0.29) is 0 Å². The average molecular weight is 349 g/mol. The Hall–Kier alpha value is -0.860. The molecule has 0 saturated carbocycles. The number of aliphatic imine (C=N–C) groups is 1. The number of rotatable bonds is 9. The van der Waals surface area contributed by atoms with E-state index < -0.39 is 10.0 Å². The van der Waals surface area contributed by atoms with Gasteiger partial charge in [-0.25, -0.2) is 12.7 Å². The summed E-state index contributed by atoms with van der Waals surface area (Å²) in [6.07, 6.45) is 3.07. The molecule has 7 nitrogen and oxygen atoms in total. The molecule has 136 valence electrons. The second-order valence-corrected chi connectivity index (χ2v) is 7.94. The largest absolute Gasteiger partial charge is 0.381 e. The first kappa shape index (κ1) is 20.2. The van der Waals surface area contributed by atoms with Crippen molar-refractivity contribution in [1.29, 1.82) is 0 Å². The van der Waals surface area contributed by atoms with Crippen LogP contribution in [0.25, 0.3) is 0 Å². The van der Waals surface area contributed by atoms with Crippen LogP contribution in [-0.4, -0.2) is 82.8 Å². The van der Waals surface area contributed by atoms with Crippen molar-refractivity contribution in [2.24, 2.45) is 10.9 Å². The molecule has 0 bridgehead atoms. The summed E-state index contributed by atoms with van der Waals surface area (Å²) >= 11 is 0. The highest BCUT2D eigenvalue weighted by Gasteiger charge is 2.19. The van der Waals surface area contributed by atoms with Crippen LogP contribution in [0.15, 0.2) is 4.99 Å². The Morgan fingerprint density at radius 1 is 1.39 bits per heavy atom. The van der Waals surface area contributed by atoms with Crippen molar-refractivity contribution in [3.05, 3.63) is 0 Å². The fourth-order valence-corrected chi connectivity index (χ4v) is 3.59. The molecule has 0 spiro atoms. The van der Waals surface area contributed by atoms with Gasteiger partial charge in [-0.3, -0.25) is 4.99 Å². The van der Waals surface area contributed by atoms with Crippen molar-refractivity contribution < 1.29 is 13.2 Å². The normalized spacial score (nSPS) is 19.3. The molecule has 0 amide bonds. The predicted octanol–water partition coefficient (Wildman–Crippen LogP) is 0.592. The number of nitrogens with one attached hydrogen (secondary N) is 1. The summed E-state index contributed by atoms with van der Waals surface area (Å²) in [6, 6.07) is 0. The molecule has 1 atom stereocenters. The summed E-state index contributed by atoms with van der Waals surface area (Å²) in [4.78, 5) is 6.75. The number of nitrogens with zero attached hydrogens (tertiary/aromatic N) is 3. The van der Waals surface area contributed by atoms with Gasteiger partial charge in [0.1, 0.15) is 0 Å². The highest BCUT2D eigenvalue weighted by Crippen LogP contribution is 2.13. The average Bonchev–Trinajstić information content (AvgIpc) is 2.97. The summed E-state index contributed by atoms with van der Waals surface area (Å²) in [5.41, 5.74) is 0. The van der Waals surface area contributed by atoms with Gasteiger partial charge in [-0.2, -0.15) is 0 Å². The Kier molecular flexibility index (Phi) is 8.86. The van der Waals surface area contributed by atoms with Gasteiger partial charge in [-0.15, -0.1) is 0 Å². The highest BCUT2D eigenvalue weighted by atomic mass is 32.2. The molecule has 1 aliphatic heterocycles. The Morgan fingerprint density at radius 2 is 2.13 bits per heavy atom. The van der Waals surface area contributed by atoms with Crippen LogP contribution in [0.3, 0.4) is 0 Å². The first-order chi connectivity index (χ1) is 10.9. The zero-order chi connectivity index (χ0) is 17.3. The van der Waals surface area contributed by atoms with Gasteiger partial charge in [-0.1, -0.05) is 6.92 Å². The first-order valence-corrected chi connectivity index (χ1v) is 10.3. The second-order valence-electron chi connectivity index (χ2n) is 5.95. The lowest BCUT2D eigenvalue weighted by Crippen LogP contribution is -2.41. The summed E-state index contributed by atoms with van der Waals surface area (Å²) < 4.78 is 30.0. The van der Waals surface area contributed by atoms with Crippen molar-refractivity contribution in [2.45, 2.75) is 26.7 Å². The summed E-state index contributed by atoms with van der Waals surface area (Å²) in [5.74, 6) is 1.44. The van der Waals surface area contributed by atoms with Gasteiger partial charge in [0.2, 0.25) is 10.0 Å². The number of guanidine groups is 1. The summed E-state index contributed by atoms with van der Waals surface area (Å²) in [7, 11) is -1.08. The van der Waals surface area contributed by atoms with E-state index in [1.807, 2.05) is 20.9 Å². The third-order valence-electron chi connectivity index (χ3n) is 3.90. The van der Waals surface area contributed by atoms with Crippen LogP contribution < -0.4 is 5.32 Å². The van der Waals surface area contributed by atoms with Crippen LogP contribution in [-0.2, 0) is 14.8 Å². The molecule has 1 rings (SSSR count). The van der Waals surface area contributed by atoms with Crippen molar-refractivity contribution in [3.63, 3.8) is 0 Å². The number of sulfonamides is 1. The van der Waals surface area contributed by atoms with Gasteiger partial charge in [0.15, 0.2) is 5.96 Å². The highest BCUT2D eigenvalue weighted by molar-refractivity contribution is 7.88. The van der Waals surface area contributed by atoms with Crippen LogP contribution in [0, 0.1) is 5.92 Å². The molecule has 23 heavy (non-hydrogen) atoms. The maximum atomic E-state index is 11.6. The lowest BCUT2D eigenvalue weighted by Gasteiger charge is -2.24. The van der Waals surface area contributed by atoms with Gasteiger partial charge < -0.3 is 15.0 Å². The Morgan fingerprint density at radius 3 is 2.65 bits per heavy atom. The van der Waals surface area contributed by atoms with E-state index in [0.29, 0.717) is 25.6 Å². The molecule has 1 heterocycles. The topological polar surface area (TPSA) is 74.2 Å². The molecule has 1 aliphatic rings. The molecule has 1 fully saturated rings. The van der Waals surface area contributed by atoms with Crippen molar-refractivity contribution >= 4 is 16.0 Å². The Labute approximate surface area is 141 Å². The summed E-state index contributed by atoms with van der Waals surface area (Å²) in [6.45, 7) is 8.94. The van der Waals surface area contributed by atoms with Crippen molar-refractivity contribution in [3.8, 4) is 0 Å². The van der Waals surface area contributed by atoms with Gasteiger partial charge in [-0.05, 0) is 19.8 Å². The zero-order valence-electron chi connectivity index (χ0n) is 14.9. The standard InChI is InChI=1S/C15H32N4O3S/c1-5-16-15(18(3)12-14-8-11-22-13-14)17-9-7-10-19(6-2)23(4,20)21/h14H,5-13H2,1-4H3,(H,16,17). The van der Waals surface area contributed by atoms with Crippen molar-refractivity contribution in [1.82, 2.24) is 14.5 Å². The summed E-state index contributed by atoms with van der Waals surface area (Å²) in [5, 5.41) is 3.29. The zero-order valence-corrected chi connectivity index (χ0v) is 15.7. The van der Waals surface area contributed by atoms with E-state index >= 15 is 0 Å². The maximum Gasteiger partial charge on any atom is 0.211 e. The molecular formula is C15H32N4O3S. The van der Waals surface area contributed by atoms with Gasteiger partial charge in [0, 0.05) is 52.3 Å². The van der Waals surface area contributed by atoms with Gasteiger partial charge >= 0.3 is 0 Å². The minimum Gasteiger partial charge on any atom is -0.381 e. The molecular weight excluding hydrogens is 316 g/mol. The smallest absolute Gasteiger partial charge is 0.211 e. The molecule has 8 heteroatoms. The molecule has 1 saturated heterocycles. The molecule has 0 aromatic heterocycles. The van der Waals surface area contributed by atoms with E-state index in [2.05, 4.69) is 15.2 Å². The number of ether oxygens (including phenoxy) is 1. The lowest BCUT2D eigenvalue weighted by atomic mass is 10.1. The monoisotopic (exact) mass is 348 g/mol. The number of hydrogen-bond acceptors (Lipinski definition) is 4. The van der Waals surface area contributed by atoms with Gasteiger partial charge in [0.25, 0.3) is 0 Å². The quantitative estimate of drug-likeness (QED) is 0.375. The van der Waals surface area contributed by atoms with E-state index in [1.165, 1.54) is 10.6 Å². The Bertz CT molecular complexity index is 461. The van der Waals surface area contributed by atoms with Crippen LogP contribution >= 0.6 is 0 Å². The fourth-order valence-electron chi connectivity index (χ4n) is 2.66. The minimum atomic E-state index is -3.11. The van der Waals surface area contributed by atoms with Gasteiger partial charge in [0.05, 0.1) is 12.9 Å². The molecule has 0 aliphatic carbocycles. The van der Waals surface area contributed by atoms with E-state index in [1.54, 1.807) is 0 Å². The molecule has 0 aromatic rings. The van der Waals surface area contributed by atoms with Crippen LogP contribution in [0.1, 0.15) is 26.7 Å². The van der Waals surface area contributed by atoms with Crippen LogP contribution in [0.4, 0.5) is 0 Å². The molecule has 0 aromatic carbocycles. The van der Waals surface area contributed by atoms with Crippen LogP contribution in [0.5, 0.6) is 0 Å². The van der Waals surface area contributed by atoms with E-state index in [4.69, 9.17) is 4.74 Å². The lowest BCUT2D eigenvalue weighted by molar-refractivity contribution is 0.181. The fraction of sp³-hybridized carbons (Fsp3) is 0.933. The first-order valence-electron chi connectivity index (χ1n) is 8.40. The SMILES string of the molecule is CCNC(=NCCCN(CC)S(C)(=O)=O)N(C)CC1CCOC1. The number of hydrogen-bond donors (Lipinski definition) is 1. The Balaban J connectivity index is 2.47. The molecule has 1 unspecified atom stereocenters. The minimum absolute atomic E-state index is 0.504. The third-order valence-corrected chi connectivity index (χ3v) is 5.28. The molecule has 0 radical (unpaired) electrons.